The van der Waals surface area contributed by atoms with Gasteiger partial charge in [0.25, 0.3) is 0 Å². The number of nitrogens with zero attached hydrogens (tertiary/aromatic N) is 2. The van der Waals surface area contributed by atoms with Gasteiger partial charge in [0.2, 0.25) is 0 Å². The zero-order valence-electron chi connectivity index (χ0n) is 13.2. The monoisotopic (exact) mass is 343 g/mol. The highest BCUT2D eigenvalue weighted by Crippen LogP contribution is 2.46. The largest absolute Gasteiger partial charge is 0.369 e. The third-order valence-corrected chi connectivity index (χ3v) is 6.49. The van der Waals surface area contributed by atoms with E-state index in [1.54, 1.807) is 17.4 Å². The first kappa shape index (κ1) is 14.6. The first-order valence-electron chi connectivity index (χ1n) is 8.36. The van der Waals surface area contributed by atoms with Crippen LogP contribution >= 0.6 is 11.3 Å². The molecule has 0 saturated carbocycles. The van der Waals surface area contributed by atoms with Crippen LogP contribution in [0.15, 0.2) is 30.6 Å². The highest BCUT2D eigenvalue weighted by atomic mass is 32.1. The fourth-order valence-electron chi connectivity index (χ4n) is 3.89. The van der Waals surface area contributed by atoms with Crippen molar-refractivity contribution in [2.75, 3.05) is 19.7 Å². The van der Waals surface area contributed by atoms with Gasteiger partial charge < -0.3 is 10.1 Å². The number of hydrogen-bond donors (Lipinski definition) is 1. The van der Waals surface area contributed by atoms with E-state index in [0.29, 0.717) is 0 Å². The fourth-order valence-corrected chi connectivity index (χ4v) is 5.31. The molecule has 5 heterocycles. The molecule has 1 fully saturated rings. The van der Waals surface area contributed by atoms with Gasteiger partial charge in [0.05, 0.1) is 23.4 Å². The molecule has 1 spiro atoms. The summed E-state index contributed by atoms with van der Waals surface area (Å²) in [5.41, 5.74) is 2.97. The van der Waals surface area contributed by atoms with Crippen LogP contribution in [0.25, 0.3) is 16.2 Å². The van der Waals surface area contributed by atoms with Crippen molar-refractivity contribution in [1.29, 1.82) is 0 Å². The Balaban J connectivity index is 1.64. The molecule has 0 radical (unpaired) electrons. The lowest BCUT2D eigenvalue weighted by atomic mass is 9.86. The Morgan fingerprint density at radius 2 is 2.17 bits per heavy atom. The summed E-state index contributed by atoms with van der Waals surface area (Å²) >= 11 is 1.78. The molecule has 3 aromatic rings. The maximum atomic E-state index is 13.7. The second-order valence-electron chi connectivity index (χ2n) is 6.53. The predicted octanol–water partition coefficient (Wildman–Crippen LogP) is 3.35. The number of fused-ring (bicyclic) bond motifs is 3. The molecule has 3 aromatic heterocycles. The highest BCUT2D eigenvalue weighted by Gasteiger charge is 2.40. The van der Waals surface area contributed by atoms with Gasteiger partial charge in [-0.3, -0.25) is 4.40 Å². The number of ether oxygens (including phenoxy) is 1. The minimum atomic E-state index is -0.249. The van der Waals surface area contributed by atoms with Gasteiger partial charge in [-0.2, -0.15) is 0 Å². The van der Waals surface area contributed by atoms with Gasteiger partial charge in [-0.15, -0.1) is 11.3 Å². The number of halogens is 1. The third-order valence-electron chi connectivity index (χ3n) is 5.11. The van der Waals surface area contributed by atoms with Gasteiger partial charge in [0, 0.05) is 11.1 Å². The van der Waals surface area contributed by atoms with E-state index in [9.17, 15) is 4.39 Å². The van der Waals surface area contributed by atoms with Crippen LogP contribution in [0.1, 0.15) is 23.3 Å². The van der Waals surface area contributed by atoms with E-state index in [1.165, 1.54) is 22.7 Å². The summed E-state index contributed by atoms with van der Waals surface area (Å²) in [5, 5.41) is 3.42. The summed E-state index contributed by atoms with van der Waals surface area (Å²) in [6.45, 7) is 2.77. The standard InChI is InChI=1S/C18H18FN3OS/c19-13-1-2-16-21-10-14(22(16)11-13)15-9-12-3-8-23-18(17(12)24-15)4-6-20-7-5-18/h1-2,9-11,20H,3-8H2. The average Bonchev–Trinajstić information content (AvgIpc) is 3.20. The summed E-state index contributed by atoms with van der Waals surface area (Å²) in [6.07, 6.45) is 6.32. The molecule has 124 valence electrons. The molecule has 6 heteroatoms. The Kier molecular flexibility index (Phi) is 3.26. The molecule has 5 rings (SSSR count). The minimum Gasteiger partial charge on any atom is -0.369 e. The van der Waals surface area contributed by atoms with Crippen molar-refractivity contribution < 1.29 is 9.13 Å². The van der Waals surface area contributed by atoms with Crippen molar-refractivity contribution in [3.8, 4) is 10.6 Å². The third kappa shape index (κ3) is 2.13. The van der Waals surface area contributed by atoms with Crippen LogP contribution in [0.2, 0.25) is 0 Å². The lowest BCUT2D eigenvalue weighted by molar-refractivity contribution is -0.0771. The van der Waals surface area contributed by atoms with Crippen LogP contribution in [0, 0.1) is 5.82 Å². The number of nitrogens with one attached hydrogen (secondary N) is 1. The second kappa shape index (κ2) is 5.37. The van der Waals surface area contributed by atoms with Crippen molar-refractivity contribution in [1.82, 2.24) is 14.7 Å². The Hall–Kier alpha value is -1.76. The number of hydrogen-bond acceptors (Lipinski definition) is 4. The van der Waals surface area contributed by atoms with Crippen molar-refractivity contribution in [3.63, 3.8) is 0 Å². The molecule has 0 atom stereocenters. The van der Waals surface area contributed by atoms with Crippen molar-refractivity contribution >= 4 is 17.0 Å². The fraction of sp³-hybridized carbons (Fsp3) is 0.389. The zero-order valence-corrected chi connectivity index (χ0v) is 14.0. The van der Waals surface area contributed by atoms with Gasteiger partial charge in [-0.25, -0.2) is 9.37 Å². The van der Waals surface area contributed by atoms with Crippen LogP contribution in [0.5, 0.6) is 0 Å². The molecule has 0 aliphatic carbocycles. The number of imidazole rings is 1. The molecule has 0 bridgehead atoms. The number of pyridine rings is 1. The van der Waals surface area contributed by atoms with E-state index in [2.05, 4.69) is 16.4 Å². The highest BCUT2D eigenvalue weighted by molar-refractivity contribution is 7.15. The van der Waals surface area contributed by atoms with Gasteiger partial charge >= 0.3 is 0 Å². The summed E-state index contributed by atoms with van der Waals surface area (Å²) < 4.78 is 21.7. The molecule has 0 aromatic carbocycles. The number of aromatic nitrogens is 2. The lowest BCUT2D eigenvalue weighted by Crippen LogP contribution is -2.43. The molecular weight excluding hydrogens is 325 g/mol. The molecule has 1 N–H and O–H groups in total. The molecule has 1 saturated heterocycles. The van der Waals surface area contributed by atoms with E-state index < -0.39 is 0 Å². The second-order valence-corrected chi connectivity index (χ2v) is 7.58. The molecular formula is C18H18FN3OS. The number of rotatable bonds is 1. The Bertz CT molecular complexity index is 910. The zero-order chi connectivity index (χ0) is 16.1. The predicted molar refractivity (Wildman–Crippen MR) is 91.9 cm³/mol. The van der Waals surface area contributed by atoms with Crippen LogP contribution in [0.3, 0.4) is 0 Å². The number of piperidine rings is 1. The number of thiophene rings is 1. The Morgan fingerprint density at radius 1 is 1.29 bits per heavy atom. The first-order chi connectivity index (χ1) is 11.8. The molecule has 2 aliphatic rings. The van der Waals surface area contributed by atoms with E-state index in [-0.39, 0.29) is 11.4 Å². The SMILES string of the molecule is Fc1ccc2ncc(-c3cc4c(s3)C3(CCNCC3)OCC4)n2c1. The normalized spacial score (nSPS) is 19.7. The van der Waals surface area contributed by atoms with E-state index in [0.717, 1.165) is 55.2 Å². The first-order valence-corrected chi connectivity index (χ1v) is 9.18. The van der Waals surface area contributed by atoms with Gasteiger partial charge in [0.15, 0.2) is 0 Å². The summed E-state index contributed by atoms with van der Waals surface area (Å²) in [7, 11) is 0. The average molecular weight is 343 g/mol. The van der Waals surface area contributed by atoms with E-state index >= 15 is 0 Å². The molecule has 24 heavy (non-hydrogen) atoms. The van der Waals surface area contributed by atoms with Gasteiger partial charge in [0.1, 0.15) is 17.1 Å². The van der Waals surface area contributed by atoms with E-state index in [1.807, 2.05) is 10.6 Å². The molecule has 0 unspecified atom stereocenters. The van der Waals surface area contributed by atoms with Gasteiger partial charge in [-0.05, 0) is 56.1 Å². The maximum Gasteiger partial charge on any atom is 0.139 e. The summed E-state index contributed by atoms with van der Waals surface area (Å²) in [4.78, 5) is 6.91. The Labute approximate surface area is 143 Å². The topological polar surface area (TPSA) is 38.6 Å². The maximum absolute atomic E-state index is 13.7. The van der Waals surface area contributed by atoms with Crippen LogP contribution < -0.4 is 5.32 Å². The van der Waals surface area contributed by atoms with Crippen LogP contribution in [-0.2, 0) is 16.8 Å². The van der Waals surface area contributed by atoms with Crippen LogP contribution in [0.4, 0.5) is 4.39 Å². The van der Waals surface area contributed by atoms with Crippen molar-refractivity contribution in [2.24, 2.45) is 0 Å². The van der Waals surface area contributed by atoms with Gasteiger partial charge in [-0.1, -0.05) is 0 Å². The van der Waals surface area contributed by atoms with Crippen molar-refractivity contribution in [2.45, 2.75) is 24.9 Å². The molecule has 4 nitrogen and oxygen atoms in total. The Morgan fingerprint density at radius 3 is 3.04 bits per heavy atom. The smallest absolute Gasteiger partial charge is 0.139 e. The van der Waals surface area contributed by atoms with Crippen LogP contribution in [-0.4, -0.2) is 29.1 Å². The summed E-state index contributed by atoms with van der Waals surface area (Å²) in [5.74, 6) is -0.249. The minimum absolute atomic E-state index is 0.131. The molecule has 2 aliphatic heterocycles. The quantitative estimate of drug-likeness (QED) is 0.736. The summed E-state index contributed by atoms with van der Waals surface area (Å²) in [6, 6.07) is 5.41. The van der Waals surface area contributed by atoms with E-state index in [4.69, 9.17) is 4.74 Å². The van der Waals surface area contributed by atoms with Crippen molar-refractivity contribution in [3.05, 3.63) is 46.9 Å². The molecule has 0 amide bonds. The lowest BCUT2D eigenvalue weighted by Gasteiger charge is -2.40.